The fraction of sp³-hybridized carbons (Fsp3) is 0.115. The third-order valence-corrected chi connectivity index (χ3v) is 6.35. The number of ether oxygens (including phenoxy) is 1. The number of esters is 1. The summed E-state index contributed by atoms with van der Waals surface area (Å²) in [6, 6.07) is 26.0. The van der Waals surface area contributed by atoms with Gasteiger partial charge in [0, 0.05) is 17.7 Å². The fourth-order valence-electron chi connectivity index (χ4n) is 3.82. The number of thiazole rings is 1. The average Bonchev–Trinajstić information content (AvgIpc) is 3.41. The Morgan fingerprint density at radius 3 is 2.55 bits per heavy atom. The lowest BCUT2D eigenvalue weighted by atomic mass is 10.1. The number of nitrogens with two attached hydrogens (primary N) is 1. The zero-order chi connectivity index (χ0) is 22.8. The minimum absolute atomic E-state index is 0.341. The highest BCUT2D eigenvalue weighted by atomic mass is 32.1. The third-order valence-electron chi connectivity index (χ3n) is 5.50. The van der Waals surface area contributed by atoms with Crippen LogP contribution in [0, 0.1) is 0 Å². The van der Waals surface area contributed by atoms with Crippen LogP contribution in [0.25, 0.3) is 21.5 Å². The van der Waals surface area contributed by atoms with Gasteiger partial charge < -0.3 is 10.5 Å². The standard InChI is InChI=1S/C26H22N4O2S/c1-32-25(31)19-9-7-18(8-10-19)16-30-21(13-17-5-3-2-4-6-17)15-23(29-30)20-11-12-22-24(14-20)33-26(27)28-22/h2-12,14-15H,13,16H2,1H3,(H2,27,28). The van der Waals surface area contributed by atoms with Gasteiger partial charge in [-0.1, -0.05) is 59.9 Å². The van der Waals surface area contributed by atoms with Crippen molar-refractivity contribution in [1.29, 1.82) is 0 Å². The highest BCUT2D eigenvalue weighted by molar-refractivity contribution is 7.22. The van der Waals surface area contributed by atoms with Crippen LogP contribution >= 0.6 is 11.3 Å². The van der Waals surface area contributed by atoms with Gasteiger partial charge in [0.15, 0.2) is 5.13 Å². The number of hydrogen-bond acceptors (Lipinski definition) is 6. The van der Waals surface area contributed by atoms with E-state index in [0.717, 1.165) is 39.2 Å². The van der Waals surface area contributed by atoms with Gasteiger partial charge in [0.2, 0.25) is 0 Å². The van der Waals surface area contributed by atoms with E-state index < -0.39 is 0 Å². The molecule has 0 fully saturated rings. The first-order chi connectivity index (χ1) is 16.1. The highest BCUT2D eigenvalue weighted by Gasteiger charge is 2.13. The molecule has 164 valence electrons. The summed E-state index contributed by atoms with van der Waals surface area (Å²) in [4.78, 5) is 16.1. The molecule has 2 aromatic heterocycles. The van der Waals surface area contributed by atoms with E-state index in [1.807, 2.05) is 47.1 Å². The molecule has 2 heterocycles. The number of aromatic nitrogens is 3. The van der Waals surface area contributed by atoms with Crippen LogP contribution < -0.4 is 5.73 Å². The van der Waals surface area contributed by atoms with Gasteiger partial charge in [-0.3, -0.25) is 4.68 Å². The molecule has 3 aromatic carbocycles. The molecule has 2 N–H and O–H groups in total. The molecule has 0 amide bonds. The van der Waals surface area contributed by atoms with Crippen LogP contribution in [0.15, 0.2) is 78.9 Å². The van der Waals surface area contributed by atoms with Crippen molar-refractivity contribution >= 4 is 32.7 Å². The molecule has 0 spiro atoms. The number of hydrogen-bond donors (Lipinski definition) is 1. The smallest absolute Gasteiger partial charge is 0.337 e. The van der Waals surface area contributed by atoms with Crippen LogP contribution in [0.2, 0.25) is 0 Å². The van der Waals surface area contributed by atoms with Crippen LogP contribution in [-0.4, -0.2) is 27.8 Å². The molecular formula is C26H22N4O2S. The molecule has 7 heteroatoms. The first-order valence-corrected chi connectivity index (χ1v) is 11.3. The van der Waals surface area contributed by atoms with E-state index in [4.69, 9.17) is 15.6 Å². The van der Waals surface area contributed by atoms with E-state index in [2.05, 4.69) is 29.2 Å². The third kappa shape index (κ3) is 4.49. The molecule has 5 rings (SSSR count). The van der Waals surface area contributed by atoms with Crippen molar-refractivity contribution in [2.75, 3.05) is 12.8 Å². The second kappa shape index (κ2) is 8.88. The number of nitrogen functional groups attached to an aromatic ring is 1. The lowest BCUT2D eigenvalue weighted by Gasteiger charge is -2.08. The Bertz CT molecular complexity index is 1420. The number of benzene rings is 3. The summed E-state index contributed by atoms with van der Waals surface area (Å²) in [7, 11) is 1.38. The first-order valence-electron chi connectivity index (χ1n) is 10.5. The Morgan fingerprint density at radius 2 is 1.79 bits per heavy atom. The molecule has 0 saturated carbocycles. The fourth-order valence-corrected chi connectivity index (χ4v) is 4.59. The van der Waals surface area contributed by atoms with Gasteiger partial charge in [-0.05, 0) is 41.5 Å². The van der Waals surface area contributed by atoms with Crippen molar-refractivity contribution in [1.82, 2.24) is 14.8 Å². The quantitative estimate of drug-likeness (QED) is 0.358. The predicted molar refractivity (Wildman–Crippen MR) is 131 cm³/mol. The molecular weight excluding hydrogens is 432 g/mol. The summed E-state index contributed by atoms with van der Waals surface area (Å²) in [5.74, 6) is -0.341. The largest absolute Gasteiger partial charge is 0.465 e. The van der Waals surface area contributed by atoms with Gasteiger partial charge in [-0.15, -0.1) is 0 Å². The summed E-state index contributed by atoms with van der Waals surface area (Å²) >= 11 is 1.48. The maximum Gasteiger partial charge on any atom is 0.337 e. The van der Waals surface area contributed by atoms with Gasteiger partial charge in [0.1, 0.15) is 0 Å². The summed E-state index contributed by atoms with van der Waals surface area (Å²) < 4.78 is 7.87. The van der Waals surface area contributed by atoms with Crippen molar-refractivity contribution in [3.8, 4) is 11.3 Å². The number of carbonyl (C=O) groups is 1. The summed E-state index contributed by atoms with van der Waals surface area (Å²) in [5, 5.41) is 5.50. The maximum atomic E-state index is 11.7. The van der Waals surface area contributed by atoms with E-state index in [0.29, 0.717) is 17.2 Å². The summed E-state index contributed by atoms with van der Waals surface area (Å²) in [5.41, 5.74) is 12.6. The highest BCUT2D eigenvalue weighted by Crippen LogP contribution is 2.29. The second-order valence-corrected chi connectivity index (χ2v) is 8.83. The molecule has 5 aromatic rings. The lowest BCUT2D eigenvalue weighted by Crippen LogP contribution is -2.08. The van der Waals surface area contributed by atoms with Crippen molar-refractivity contribution in [2.45, 2.75) is 13.0 Å². The maximum absolute atomic E-state index is 11.7. The van der Waals surface area contributed by atoms with Crippen LogP contribution in [0.1, 0.15) is 27.2 Å². The molecule has 0 bridgehead atoms. The van der Waals surface area contributed by atoms with Crippen molar-refractivity contribution < 1.29 is 9.53 Å². The average molecular weight is 455 g/mol. The van der Waals surface area contributed by atoms with Crippen LogP contribution in [0.3, 0.4) is 0 Å². The van der Waals surface area contributed by atoms with E-state index in [1.165, 1.54) is 24.0 Å². The van der Waals surface area contributed by atoms with E-state index in [9.17, 15) is 4.79 Å². The summed E-state index contributed by atoms with van der Waals surface area (Å²) in [6.45, 7) is 0.597. The van der Waals surface area contributed by atoms with Crippen LogP contribution in [0.5, 0.6) is 0 Å². The van der Waals surface area contributed by atoms with Gasteiger partial charge in [-0.25, -0.2) is 9.78 Å². The topological polar surface area (TPSA) is 83.0 Å². The van der Waals surface area contributed by atoms with Gasteiger partial charge in [-0.2, -0.15) is 5.10 Å². The second-order valence-electron chi connectivity index (χ2n) is 7.76. The zero-order valence-corrected chi connectivity index (χ0v) is 18.9. The molecule has 0 atom stereocenters. The number of methoxy groups -OCH3 is 1. The van der Waals surface area contributed by atoms with Gasteiger partial charge in [0.05, 0.1) is 35.1 Å². The minimum Gasteiger partial charge on any atom is -0.465 e. The summed E-state index contributed by atoms with van der Waals surface area (Å²) in [6.07, 6.45) is 0.768. The van der Waals surface area contributed by atoms with Crippen molar-refractivity contribution in [3.05, 3.63) is 101 Å². The van der Waals surface area contributed by atoms with E-state index >= 15 is 0 Å². The number of carbonyl (C=O) groups excluding carboxylic acids is 1. The lowest BCUT2D eigenvalue weighted by molar-refractivity contribution is 0.0600. The Hall–Kier alpha value is -3.97. The number of rotatable bonds is 6. The minimum atomic E-state index is -0.341. The van der Waals surface area contributed by atoms with Crippen LogP contribution in [0.4, 0.5) is 5.13 Å². The normalized spacial score (nSPS) is 11.1. The number of fused-ring (bicyclic) bond motifs is 1. The Balaban J connectivity index is 1.50. The Morgan fingerprint density at radius 1 is 1.00 bits per heavy atom. The Kier molecular flexibility index (Phi) is 5.62. The van der Waals surface area contributed by atoms with Gasteiger partial charge in [0.25, 0.3) is 0 Å². The molecule has 0 radical (unpaired) electrons. The Labute approximate surface area is 195 Å². The molecule has 0 aliphatic carbocycles. The monoisotopic (exact) mass is 454 g/mol. The predicted octanol–water partition coefficient (Wildman–Crippen LogP) is 5.17. The number of anilines is 1. The van der Waals surface area contributed by atoms with Crippen molar-refractivity contribution in [2.24, 2.45) is 0 Å². The molecule has 33 heavy (non-hydrogen) atoms. The molecule has 0 aliphatic rings. The van der Waals surface area contributed by atoms with Crippen molar-refractivity contribution in [3.63, 3.8) is 0 Å². The molecule has 0 saturated heterocycles. The van der Waals surface area contributed by atoms with Crippen LogP contribution in [-0.2, 0) is 17.7 Å². The number of nitrogens with zero attached hydrogens (tertiary/aromatic N) is 3. The SMILES string of the molecule is COC(=O)c1ccc(Cn2nc(-c3ccc4nc(N)sc4c3)cc2Cc2ccccc2)cc1. The molecule has 6 nitrogen and oxygen atoms in total. The molecule has 0 unspecified atom stereocenters. The van der Waals surface area contributed by atoms with E-state index in [1.54, 1.807) is 12.1 Å². The molecule has 0 aliphatic heterocycles. The van der Waals surface area contributed by atoms with Gasteiger partial charge >= 0.3 is 5.97 Å². The zero-order valence-electron chi connectivity index (χ0n) is 18.1. The van der Waals surface area contributed by atoms with E-state index in [-0.39, 0.29) is 5.97 Å². The first kappa shape index (κ1) is 20.9.